The van der Waals surface area contributed by atoms with E-state index in [-0.39, 0.29) is 24.1 Å². The summed E-state index contributed by atoms with van der Waals surface area (Å²) in [5.74, 6) is -0.153. The van der Waals surface area contributed by atoms with Gasteiger partial charge < -0.3 is 15.2 Å². The highest BCUT2D eigenvalue weighted by atomic mass is 32.2. The minimum absolute atomic E-state index is 0.117. The number of allylic oxidation sites excluding steroid dienone is 1. The summed E-state index contributed by atoms with van der Waals surface area (Å²) in [6.07, 6.45) is 1.69. The molecule has 0 atom stereocenters. The van der Waals surface area contributed by atoms with Crippen molar-refractivity contribution in [2.24, 2.45) is 0 Å². The molecule has 31 heavy (non-hydrogen) atoms. The first-order valence-electron chi connectivity index (χ1n) is 9.57. The van der Waals surface area contributed by atoms with Gasteiger partial charge in [0, 0.05) is 18.7 Å². The normalized spacial score (nSPS) is 10.5. The summed E-state index contributed by atoms with van der Waals surface area (Å²) in [6.45, 7) is 4.77. The van der Waals surface area contributed by atoms with Gasteiger partial charge in [0.1, 0.15) is 5.82 Å². The van der Waals surface area contributed by atoms with Crippen LogP contribution < -0.4 is 10.6 Å². The molecule has 2 aromatic carbocycles. The fourth-order valence-electron chi connectivity index (χ4n) is 2.71. The highest BCUT2D eigenvalue weighted by molar-refractivity contribution is 7.99. The molecule has 3 rings (SSSR count). The van der Waals surface area contributed by atoms with Gasteiger partial charge in [-0.25, -0.2) is 4.39 Å². The van der Waals surface area contributed by atoms with E-state index in [9.17, 15) is 14.0 Å². The number of carbonyl (C=O) groups is 2. The van der Waals surface area contributed by atoms with Crippen LogP contribution >= 0.6 is 11.8 Å². The van der Waals surface area contributed by atoms with Crippen molar-refractivity contribution in [1.82, 2.24) is 25.4 Å². The van der Waals surface area contributed by atoms with Crippen LogP contribution in [0.5, 0.6) is 0 Å². The van der Waals surface area contributed by atoms with E-state index in [1.807, 2.05) is 30.3 Å². The van der Waals surface area contributed by atoms with E-state index < -0.39 is 5.82 Å². The minimum Gasteiger partial charge on any atom is -0.351 e. The molecule has 2 amide bonds. The summed E-state index contributed by atoms with van der Waals surface area (Å²) in [5, 5.41) is 14.4. The van der Waals surface area contributed by atoms with Crippen LogP contribution in [0.15, 0.2) is 72.4 Å². The molecule has 9 heteroatoms. The number of nitrogens with one attached hydrogen (secondary N) is 2. The SMILES string of the molecule is C=CCn1c(CNC(=O)c2ccc(F)cc2)nnc1SCC(=O)NCc1ccccc1. The molecule has 0 aliphatic heterocycles. The van der Waals surface area contributed by atoms with Gasteiger partial charge in [0.25, 0.3) is 5.91 Å². The average molecular weight is 440 g/mol. The van der Waals surface area contributed by atoms with Gasteiger partial charge >= 0.3 is 0 Å². The van der Waals surface area contributed by atoms with Gasteiger partial charge in [-0.2, -0.15) is 0 Å². The summed E-state index contributed by atoms with van der Waals surface area (Å²) in [6, 6.07) is 14.9. The third-order valence-corrected chi connectivity index (χ3v) is 5.25. The Morgan fingerprint density at radius 2 is 1.77 bits per heavy atom. The third-order valence-electron chi connectivity index (χ3n) is 4.28. The molecule has 1 aromatic heterocycles. The van der Waals surface area contributed by atoms with Crippen LogP contribution in [0.2, 0.25) is 0 Å². The van der Waals surface area contributed by atoms with Crippen LogP contribution in [0.25, 0.3) is 0 Å². The van der Waals surface area contributed by atoms with Gasteiger partial charge in [0.05, 0.1) is 12.3 Å². The van der Waals surface area contributed by atoms with Crippen molar-refractivity contribution < 1.29 is 14.0 Å². The van der Waals surface area contributed by atoms with Crippen molar-refractivity contribution in [2.45, 2.75) is 24.8 Å². The third kappa shape index (κ3) is 6.51. The maximum absolute atomic E-state index is 13.0. The number of thioether (sulfide) groups is 1. The zero-order chi connectivity index (χ0) is 22.1. The first-order chi connectivity index (χ1) is 15.1. The van der Waals surface area contributed by atoms with Gasteiger partial charge in [0.2, 0.25) is 5.91 Å². The topological polar surface area (TPSA) is 88.9 Å². The van der Waals surface area contributed by atoms with Crippen molar-refractivity contribution in [3.63, 3.8) is 0 Å². The maximum Gasteiger partial charge on any atom is 0.251 e. The molecule has 2 N–H and O–H groups in total. The molecule has 0 spiro atoms. The molecule has 7 nitrogen and oxygen atoms in total. The molecular formula is C22H22FN5O2S. The Morgan fingerprint density at radius 3 is 2.48 bits per heavy atom. The Hall–Kier alpha value is -3.46. The van der Waals surface area contributed by atoms with E-state index in [4.69, 9.17) is 0 Å². The predicted octanol–water partition coefficient (Wildman–Crippen LogP) is 2.94. The molecule has 160 valence electrons. The molecule has 0 bridgehead atoms. The Kier molecular flexibility index (Phi) is 7.94. The van der Waals surface area contributed by atoms with E-state index in [0.717, 1.165) is 5.56 Å². The predicted molar refractivity (Wildman–Crippen MR) is 117 cm³/mol. The number of rotatable bonds is 10. The van der Waals surface area contributed by atoms with Crippen LogP contribution in [-0.4, -0.2) is 32.3 Å². The zero-order valence-corrected chi connectivity index (χ0v) is 17.6. The van der Waals surface area contributed by atoms with Gasteiger partial charge in [0.15, 0.2) is 11.0 Å². The summed E-state index contributed by atoms with van der Waals surface area (Å²) in [5.41, 5.74) is 1.37. The van der Waals surface area contributed by atoms with Crippen LogP contribution in [0.1, 0.15) is 21.7 Å². The second-order valence-corrected chi connectivity index (χ2v) is 7.48. The molecule has 3 aromatic rings. The van der Waals surface area contributed by atoms with Gasteiger partial charge in [-0.15, -0.1) is 16.8 Å². The monoisotopic (exact) mass is 439 g/mol. The standard InChI is InChI=1S/C22H22FN5O2S/c1-2-12-28-19(14-25-21(30)17-8-10-18(23)11-9-17)26-27-22(28)31-15-20(29)24-13-16-6-4-3-5-7-16/h2-11H,1,12-15H2,(H,24,29)(H,25,30). The van der Waals surface area contributed by atoms with Crippen LogP contribution in [-0.2, 0) is 24.4 Å². The Balaban J connectivity index is 1.55. The molecular weight excluding hydrogens is 417 g/mol. The zero-order valence-electron chi connectivity index (χ0n) is 16.8. The molecule has 0 radical (unpaired) electrons. The Morgan fingerprint density at radius 1 is 1.03 bits per heavy atom. The molecule has 0 fully saturated rings. The van der Waals surface area contributed by atoms with E-state index in [0.29, 0.717) is 29.6 Å². The fraction of sp³-hybridized carbons (Fsp3) is 0.182. The lowest BCUT2D eigenvalue weighted by Gasteiger charge is -2.09. The van der Waals surface area contributed by atoms with Gasteiger partial charge in [-0.3, -0.25) is 9.59 Å². The number of benzene rings is 2. The van der Waals surface area contributed by atoms with Crippen LogP contribution in [0, 0.1) is 5.82 Å². The first-order valence-corrected chi connectivity index (χ1v) is 10.6. The number of hydrogen-bond donors (Lipinski definition) is 2. The minimum atomic E-state index is -0.406. The number of aromatic nitrogens is 3. The smallest absolute Gasteiger partial charge is 0.251 e. The molecule has 0 saturated carbocycles. The van der Waals surface area contributed by atoms with E-state index in [1.54, 1.807) is 10.6 Å². The van der Waals surface area contributed by atoms with Crippen molar-refractivity contribution in [1.29, 1.82) is 0 Å². The molecule has 0 aliphatic carbocycles. The van der Waals surface area contributed by atoms with E-state index >= 15 is 0 Å². The molecule has 0 aliphatic rings. The first kappa shape index (κ1) is 22.2. The Labute approximate surface area is 183 Å². The second kappa shape index (κ2) is 11.1. The number of halogens is 1. The number of carbonyl (C=O) groups excluding carboxylic acids is 2. The van der Waals surface area contributed by atoms with Crippen molar-refractivity contribution in [3.8, 4) is 0 Å². The maximum atomic E-state index is 13.0. The van der Waals surface area contributed by atoms with E-state index in [2.05, 4.69) is 27.4 Å². The van der Waals surface area contributed by atoms with Crippen LogP contribution in [0.3, 0.4) is 0 Å². The summed E-state index contributed by atoms with van der Waals surface area (Å²) >= 11 is 1.26. The fourth-order valence-corrected chi connectivity index (χ4v) is 3.51. The lowest BCUT2D eigenvalue weighted by atomic mass is 10.2. The summed E-state index contributed by atoms with van der Waals surface area (Å²) in [4.78, 5) is 24.4. The van der Waals surface area contributed by atoms with Crippen molar-refractivity contribution in [2.75, 3.05) is 5.75 Å². The largest absolute Gasteiger partial charge is 0.351 e. The van der Waals surface area contributed by atoms with Crippen LogP contribution in [0.4, 0.5) is 4.39 Å². The lowest BCUT2D eigenvalue weighted by Crippen LogP contribution is -2.25. The van der Waals surface area contributed by atoms with E-state index in [1.165, 1.54) is 36.0 Å². The average Bonchev–Trinajstić information content (AvgIpc) is 3.17. The molecule has 0 unspecified atom stereocenters. The molecule has 1 heterocycles. The highest BCUT2D eigenvalue weighted by Gasteiger charge is 2.15. The highest BCUT2D eigenvalue weighted by Crippen LogP contribution is 2.17. The quantitative estimate of drug-likeness (QED) is 0.375. The second-order valence-electron chi connectivity index (χ2n) is 6.54. The summed E-state index contributed by atoms with van der Waals surface area (Å²) < 4.78 is 14.8. The van der Waals surface area contributed by atoms with Crippen molar-refractivity contribution >= 4 is 23.6 Å². The van der Waals surface area contributed by atoms with Crippen molar-refractivity contribution in [3.05, 3.63) is 90.0 Å². The number of nitrogens with zero attached hydrogens (tertiary/aromatic N) is 3. The number of amides is 2. The summed E-state index contributed by atoms with van der Waals surface area (Å²) in [7, 11) is 0. The lowest BCUT2D eigenvalue weighted by molar-refractivity contribution is -0.118. The Bertz CT molecular complexity index is 1040. The number of hydrogen-bond acceptors (Lipinski definition) is 5. The molecule has 0 saturated heterocycles. The van der Waals surface area contributed by atoms with Gasteiger partial charge in [-0.05, 0) is 29.8 Å². The van der Waals surface area contributed by atoms with Gasteiger partial charge in [-0.1, -0.05) is 48.2 Å².